The van der Waals surface area contributed by atoms with Crippen LogP contribution in [0.1, 0.15) is 46.3 Å². The number of nitrogens with one attached hydrogen (secondary N) is 1. The van der Waals surface area contributed by atoms with Crippen LogP contribution in [0.5, 0.6) is 5.75 Å². The SMILES string of the molecule is CC(C)(C)OC(=O)NC(C)(C)c1noc(COc2c(Br)cccc2Br)n1. The minimum Gasteiger partial charge on any atom is -0.481 e. The lowest BCUT2D eigenvalue weighted by Gasteiger charge is -2.26. The molecule has 0 atom stereocenters. The number of nitrogens with zero attached hydrogens (tertiary/aromatic N) is 2. The average Bonchev–Trinajstić information content (AvgIpc) is 2.93. The molecule has 2 aromatic rings. The summed E-state index contributed by atoms with van der Waals surface area (Å²) < 4.78 is 17.8. The van der Waals surface area contributed by atoms with E-state index in [0.717, 1.165) is 8.95 Å². The van der Waals surface area contributed by atoms with Crippen LogP contribution in [0.3, 0.4) is 0 Å². The van der Waals surface area contributed by atoms with Crippen LogP contribution in [0, 0.1) is 0 Å². The van der Waals surface area contributed by atoms with Gasteiger partial charge in [-0.2, -0.15) is 4.98 Å². The van der Waals surface area contributed by atoms with Crippen molar-refractivity contribution in [2.45, 2.75) is 52.4 Å². The number of carbonyl (C=O) groups is 1. The van der Waals surface area contributed by atoms with Gasteiger partial charge < -0.3 is 19.3 Å². The number of aromatic nitrogens is 2. The lowest BCUT2D eigenvalue weighted by molar-refractivity contribution is 0.0465. The quantitative estimate of drug-likeness (QED) is 0.639. The number of rotatable bonds is 5. The van der Waals surface area contributed by atoms with Crippen molar-refractivity contribution >= 4 is 38.0 Å². The highest BCUT2D eigenvalue weighted by molar-refractivity contribution is 9.11. The Kier molecular flexibility index (Phi) is 6.33. The van der Waals surface area contributed by atoms with Gasteiger partial charge in [0.15, 0.2) is 12.4 Å². The maximum Gasteiger partial charge on any atom is 0.408 e. The molecule has 0 aliphatic rings. The third-order valence-corrected chi connectivity index (χ3v) is 4.35. The lowest BCUT2D eigenvalue weighted by atomic mass is 10.1. The Bertz CT molecular complexity index is 764. The maximum absolute atomic E-state index is 12.0. The van der Waals surface area contributed by atoms with Crippen LogP contribution in [0.15, 0.2) is 31.7 Å². The molecule has 142 valence electrons. The summed E-state index contributed by atoms with van der Waals surface area (Å²) in [4.78, 5) is 16.3. The van der Waals surface area contributed by atoms with E-state index in [0.29, 0.717) is 17.5 Å². The first kappa shape index (κ1) is 20.7. The van der Waals surface area contributed by atoms with E-state index in [1.165, 1.54) is 0 Å². The molecule has 0 spiro atoms. The molecule has 1 aromatic carbocycles. The third kappa shape index (κ3) is 5.70. The molecule has 1 N–H and O–H groups in total. The van der Waals surface area contributed by atoms with Crippen LogP contribution in [0.25, 0.3) is 0 Å². The van der Waals surface area contributed by atoms with Gasteiger partial charge >= 0.3 is 6.09 Å². The van der Waals surface area contributed by atoms with E-state index in [2.05, 4.69) is 47.3 Å². The summed E-state index contributed by atoms with van der Waals surface area (Å²) in [5, 5.41) is 6.67. The van der Waals surface area contributed by atoms with Crippen molar-refractivity contribution in [1.29, 1.82) is 0 Å². The standard InChI is InChI=1S/C17H21Br2N3O4/c1-16(2,3)25-15(23)21-17(4,5)14-20-12(26-22-14)9-24-13-10(18)7-6-8-11(13)19/h6-8H,9H2,1-5H3,(H,21,23). The molecular formula is C17H21Br2N3O4. The zero-order chi connectivity index (χ0) is 19.5. The van der Waals surface area contributed by atoms with E-state index < -0.39 is 17.2 Å². The van der Waals surface area contributed by atoms with Gasteiger partial charge in [-0.3, -0.25) is 0 Å². The van der Waals surface area contributed by atoms with Crippen molar-refractivity contribution in [1.82, 2.24) is 15.5 Å². The van der Waals surface area contributed by atoms with Gasteiger partial charge in [-0.1, -0.05) is 11.2 Å². The molecule has 1 aromatic heterocycles. The van der Waals surface area contributed by atoms with Crippen molar-refractivity contribution in [3.8, 4) is 5.75 Å². The van der Waals surface area contributed by atoms with Crippen molar-refractivity contribution < 1.29 is 18.8 Å². The fourth-order valence-electron chi connectivity index (χ4n) is 1.94. The first-order valence-electron chi connectivity index (χ1n) is 7.89. The number of alkyl carbamates (subject to hydrolysis) is 1. The van der Waals surface area contributed by atoms with Crippen molar-refractivity contribution in [3.63, 3.8) is 0 Å². The van der Waals surface area contributed by atoms with Gasteiger partial charge in [0, 0.05) is 0 Å². The lowest BCUT2D eigenvalue weighted by Crippen LogP contribution is -2.44. The minimum atomic E-state index is -0.863. The second-order valence-electron chi connectivity index (χ2n) is 7.10. The molecule has 9 heteroatoms. The van der Waals surface area contributed by atoms with Crippen LogP contribution >= 0.6 is 31.9 Å². The van der Waals surface area contributed by atoms with Gasteiger partial charge in [0.1, 0.15) is 16.9 Å². The van der Waals surface area contributed by atoms with Crippen LogP contribution in [-0.2, 0) is 16.9 Å². The summed E-state index contributed by atoms with van der Waals surface area (Å²) in [6, 6.07) is 5.62. The van der Waals surface area contributed by atoms with Crippen LogP contribution in [0.4, 0.5) is 4.79 Å². The molecule has 0 bridgehead atoms. The topological polar surface area (TPSA) is 86.5 Å². The summed E-state index contributed by atoms with van der Waals surface area (Å²) in [6.45, 7) is 9.00. The number of ether oxygens (including phenoxy) is 2. The molecule has 0 radical (unpaired) electrons. The summed E-state index contributed by atoms with van der Waals surface area (Å²) >= 11 is 6.85. The Morgan fingerprint density at radius 2 is 1.81 bits per heavy atom. The molecule has 0 unspecified atom stereocenters. The van der Waals surface area contributed by atoms with Crippen LogP contribution in [0.2, 0.25) is 0 Å². The fourth-order valence-corrected chi connectivity index (χ4v) is 3.16. The van der Waals surface area contributed by atoms with E-state index in [1.807, 2.05) is 18.2 Å². The van der Waals surface area contributed by atoms with E-state index in [1.54, 1.807) is 34.6 Å². The Morgan fingerprint density at radius 1 is 1.19 bits per heavy atom. The highest BCUT2D eigenvalue weighted by atomic mass is 79.9. The minimum absolute atomic E-state index is 0.0940. The molecule has 0 saturated heterocycles. The molecule has 0 aliphatic heterocycles. The number of hydrogen-bond acceptors (Lipinski definition) is 6. The van der Waals surface area contributed by atoms with E-state index in [-0.39, 0.29) is 6.61 Å². The van der Waals surface area contributed by atoms with Crippen LogP contribution in [-0.4, -0.2) is 21.8 Å². The Balaban J connectivity index is 2.03. The van der Waals surface area contributed by atoms with Crippen molar-refractivity contribution in [2.24, 2.45) is 0 Å². The van der Waals surface area contributed by atoms with Gasteiger partial charge in [-0.05, 0) is 78.6 Å². The zero-order valence-electron chi connectivity index (χ0n) is 15.2. The number of amides is 1. The second kappa shape index (κ2) is 7.96. The Hall–Kier alpha value is -1.61. The van der Waals surface area contributed by atoms with Gasteiger partial charge in [0.2, 0.25) is 0 Å². The molecule has 7 nitrogen and oxygen atoms in total. The number of benzene rings is 1. The van der Waals surface area contributed by atoms with E-state index in [4.69, 9.17) is 14.0 Å². The third-order valence-electron chi connectivity index (χ3n) is 3.10. The van der Waals surface area contributed by atoms with Gasteiger partial charge in [-0.15, -0.1) is 0 Å². The Labute approximate surface area is 169 Å². The summed E-state index contributed by atoms with van der Waals surface area (Å²) in [5.41, 5.74) is -1.45. The van der Waals surface area contributed by atoms with E-state index >= 15 is 0 Å². The first-order chi connectivity index (χ1) is 12.0. The van der Waals surface area contributed by atoms with Crippen molar-refractivity contribution in [2.75, 3.05) is 0 Å². The monoisotopic (exact) mass is 489 g/mol. The number of carbonyl (C=O) groups excluding carboxylic acids is 1. The fraction of sp³-hybridized carbons (Fsp3) is 0.471. The summed E-state index contributed by atoms with van der Waals surface area (Å²) in [5.74, 6) is 1.26. The second-order valence-corrected chi connectivity index (χ2v) is 8.81. The molecule has 0 saturated carbocycles. The highest BCUT2D eigenvalue weighted by Gasteiger charge is 2.31. The molecule has 26 heavy (non-hydrogen) atoms. The highest BCUT2D eigenvalue weighted by Crippen LogP contribution is 2.33. The molecule has 0 fully saturated rings. The Morgan fingerprint density at radius 3 is 2.38 bits per heavy atom. The smallest absolute Gasteiger partial charge is 0.408 e. The number of hydrogen-bond donors (Lipinski definition) is 1. The predicted molar refractivity (Wildman–Crippen MR) is 103 cm³/mol. The molecule has 2 rings (SSSR count). The maximum atomic E-state index is 12.0. The van der Waals surface area contributed by atoms with Crippen LogP contribution < -0.4 is 10.1 Å². The van der Waals surface area contributed by atoms with Gasteiger partial charge in [0.05, 0.1) is 8.95 Å². The van der Waals surface area contributed by atoms with E-state index in [9.17, 15) is 4.79 Å². The van der Waals surface area contributed by atoms with Crippen molar-refractivity contribution in [3.05, 3.63) is 38.9 Å². The number of halogens is 2. The summed E-state index contributed by atoms with van der Waals surface area (Å²) in [6.07, 6.45) is -0.553. The largest absolute Gasteiger partial charge is 0.481 e. The number of para-hydroxylation sites is 1. The van der Waals surface area contributed by atoms with Gasteiger partial charge in [0.25, 0.3) is 5.89 Å². The summed E-state index contributed by atoms with van der Waals surface area (Å²) in [7, 11) is 0. The molecule has 1 amide bonds. The molecular weight excluding hydrogens is 470 g/mol. The zero-order valence-corrected chi connectivity index (χ0v) is 18.4. The first-order valence-corrected chi connectivity index (χ1v) is 9.47. The molecule has 0 aliphatic carbocycles. The molecule has 1 heterocycles. The average molecular weight is 491 g/mol. The normalized spacial score (nSPS) is 12.0. The predicted octanol–water partition coefficient (Wildman–Crippen LogP) is 4.93. The van der Waals surface area contributed by atoms with Gasteiger partial charge in [-0.25, -0.2) is 4.79 Å².